The van der Waals surface area contributed by atoms with E-state index in [1.165, 1.54) is 25.4 Å². The Morgan fingerprint density at radius 2 is 1.94 bits per heavy atom. The highest BCUT2D eigenvalue weighted by Crippen LogP contribution is 2.37. The molecule has 2 aromatic heterocycles. The van der Waals surface area contributed by atoms with Gasteiger partial charge in [-0.05, 0) is 55.5 Å². The predicted molar refractivity (Wildman–Crippen MR) is 119 cm³/mol. The van der Waals surface area contributed by atoms with E-state index in [4.69, 9.17) is 4.74 Å². The Bertz CT molecular complexity index is 1310. The Morgan fingerprint density at radius 3 is 2.65 bits per heavy atom. The molecule has 1 fully saturated rings. The van der Waals surface area contributed by atoms with E-state index in [1.54, 1.807) is 17.2 Å². The monoisotopic (exact) mass is 472 g/mol. The number of aromatic nitrogens is 3. The summed E-state index contributed by atoms with van der Waals surface area (Å²) in [5.41, 5.74) is 0.884. The van der Waals surface area contributed by atoms with Crippen molar-refractivity contribution in [1.82, 2.24) is 14.8 Å². The van der Waals surface area contributed by atoms with E-state index in [2.05, 4.69) is 10.1 Å². The second kappa shape index (κ2) is 8.43. The van der Waals surface area contributed by atoms with Gasteiger partial charge in [-0.15, -0.1) is 0 Å². The van der Waals surface area contributed by atoms with Crippen LogP contribution in [-0.4, -0.2) is 46.2 Å². The SMILES string of the molecule is COc1cncc(-c2nn(-c3cc(N4CC[C@H](O)C4)ccc3C(F)(F)F)c(=O)c3c2CCC3)c1. The van der Waals surface area contributed by atoms with Crippen LogP contribution in [0.4, 0.5) is 18.9 Å². The van der Waals surface area contributed by atoms with Crippen molar-refractivity contribution in [3.05, 3.63) is 63.7 Å². The number of β-amino-alcohol motifs (C(OH)–C–C–N with tert-alkyl or cyclic N) is 1. The largest absolute Gasteiger partial charge is 0.495 e. The molecule has 3 aromatic rings. The van der Waals surface area contributed by atoms with Crippen LogP contribution in [0.2, 0.25) is 0 Å². The van der Waals surface area contributed by atoms with Crippen LogP contribution in [0.15, 0.2) is 41.5 Å². The summed E-state index contributed by atoms with van der Waals surface area (Å²) < 4.78 is 48.1. The molecular formula is C24H23F3N4O3. The number of rotatable bonds is 4. The van der Waals surface area contributed by atoms with Gasteiger partial charge < -0.3 is 14.7 Å². The molecule has 0 amide bonds. The lowest BCUT2D eigenvalue weighted by molar-refractivity contribution is -0.137. The molecule has 0 unspecified atom stereocenters. The molecule has 0 bridgehead atoms. The predicted octanol–water partition coefficient (Wildman–Crippen LogP) is 3.38. The summed E-state index contributed by atoms with van der Waals surface area (Å²) in [6.45, 7) is 0.831. The molecule has 2 aliphatic rings. The number of alkyl halides is 3. The first-order valence-electron chi connectivity index (χ1n) is 11.1. The Hall–Kier alpha value is -3.40. The fourth-order valence-corrected chi connectivity index (χ4v) is 4.74. The lowest BCUT2D eigenvalue weighted by Gasteiger charge is -2.22. The number of ether oxygens (including phenoxy) is 1. The minimum absolute atomic E-state index is 0.318. The second-order valence-corrected chi connectivity index (χ2v) is 8.58. The molecular weight excluding hydrogens is 449 g/mol. The summed E-state index contributed by atoms with van der Waals surface area (Å²) in [6, 6.07) is 5.39. The zero-order chi connectivity index (χ0) is 24.0. The summed E-state index contributed by atoms with van der Waals surface area (Å²) in [4.78, 5) is 19.3. The third kappa shape index (κ3) is 3.91. The van der Waals surface area contributed by atoms with Crippen LogP contribution in [-0.2, 0) is 19.0 Å². The third-order valence-corrected chi connectivity index (χ3v) is 6.42. The van der Waals surface area contributed by atoms with Crippen molar-refractivity contribution in [3.63, 3.8) is 0 Å². The van der Waals surface area contributed by atoms with Crippen molar-refractivity contribution in [1.29, 1.82) is 0 Å². The minimum atomic E-state index is -4.68. The lowest BCUT2D eigenvalue weighted by atomic mass is 10.0. The van der Waals surface area contributed by atoms with E-state index in [9.17, 15) is 23.1 Å². The summed E-state index contributed by atoms with van der Waals surface area (Å²) >= 11 is 0. The first-order chi connectivity index (χ1) is 16.3. The normalized spacial score (nSPS) is 17.8. The maximum absolute atomic E-state index is 14.0. The maximum Gasteiger partial charge on any atom is 0.418 e. The van der Waals surface area contributed by atoms with Crippen molar-refractivity contribution in [2.45, 2.75) is 38.0 Å². The van der Waals surface area contributed by atoms with Crippen LogP contribution >= 0.6 is 0 Å². The van der Waals surface area contributed by atoms with Gasteiger partial charge in [-0.25, -0.2) is 0 Å². The van der Waals surface area contributed by atoms with Crippen molar-refractivity contribution in [2.75, 3.05) is 25.1 Å². The zero-order valence-electron chi connectivity index (χ0n) is 18.5. The number of methoxy groups -OCH3 is 1. The van der Waals surface area contributed by atoms with Crippen LogP contribution < -0.4 is 15.2 Å². The number of anilines is 1. The van der Waals surface area contributed by atoms with Gasteiger partial charge in [0.2, 0.25) is 0 Å². The van der Waals surface area contributed by atoms with E-state index in [0.717, 1.165) is 22.7 Å². The Kier molecular flexibility index (Phi) is 5.55. The number of halogens is 3. The number of nitrogens with zero attached hydrogens (tertiary/aromatic N) is 4. The highest BCUT2D eigenvalue weighted by atomic mass is 19.4. The van der Waals surface area contributed by atoms with Gasteiger partial charge in [0.1, 0.15) is 5.75 Å². The molecule has 1 saturated heterocycles. The number of hydrogen-bond acceptors (Lipinski definition) is 6. The van der Waals surface area contributed by atoms with Crippen molar-refractivity contribution in [3.8, 4) is 22.7 Å². The molecule has 0 saturated carbocycles. The standard InChI is InChI=1S/C24H23F3N4O3/c1-34-17-9-14(11-28-12-17)22-18-3-2-4-19(18)23(33)31(29-22)21-10-15(30-8-7-16(32)13-30)5-6-20(21)24(25,26)27/h5-6,9-12,16,32H,2-4,7-8,13H2,1H3/t16-/m0/s1. The Labute approximate surface area is 193 Å². The maximum atomic E-state index is 14.0. The molecule has 1 aliphatic heterocycles. The molecule has 3 heterocycles. The number of benzene rings is 1. The molecule has 10 heteroatoms. The molecule has 34 heavy (non-hydrogen) atoms. The molecule has 7 nitrogen and oxygen atoms in total. The highest BCUT2D eigenvalue weighted by molar-refractivity contribution is 5.66. The van der Waals surface area contributed by atoms with E-state index in [0.29, 0.717) is 60.6 Å². The molecule has 1 atom stereocenters. The molecule has 0 radical (unpaired) electrons. The lowest BCUT2D eigenvalue weighted by Crippen LogP contribution is -2.29. The topological polar surface area (TPSA) is 80.5 Å². The first kappa shape index (κ1) is 22.4. The number of pyridine rings is 1. The van der Waals surface area contributed by atoms with Gasteiger partial charge in [0, 0.05) is 36.1 Å². The minimum Gasteiger partial charge on any atom is -0.495 e. The molecule has 1 N–H and O–H groups in total. The molecule has 1 aromatic carbocycles. The van der Waals surface area contributed by atoms with Crippen molar-refractivity contribution in [2.24, 2.45) is 0 Å². The van der Waals surface area contributed by atoms with Gasteiger partial charge in [-0.3, -0.25) is 9.78 Å². The van der Waals surface area contributed by atoms with E-state index in [-0.39, 0.29) is 5.69 Å². The van der Waals surface area contributed by atoms with Crippen LogP contribution in [0.1, 0.15) is 29.5 Å². The fourth-order valence-electron chi connectivity index (χ4n) is 4.74. The zero-order valence-corrected chi connectivity index (χ0v) is 18.5. The summed E-state index contributed by atoms with van der Waals surface area (Å²) in [7, 11) is 1.50. The smallest absolute Gasteiger partial charge is 0.418 e. The average Bonchev–Trinajstić information content (AvgIpc) is 3.48. The van der Waals surface area contributed by atoms with Crippen LogP contribution in [0.3, 0.4) is 0 Å². The number of aliphatic hydroxyl groups is 1. The fraction of sp³-hybridized carbons (Fsp3) is 0.375. The molecule has 1 aliphatic carbocycles. The first-order valence-corrected chi connectivity index (χ1v) is 11.1. The highest BCUT2D eigenvalue weighted by Gasteiger charge is 2.36. The second-order valence-electron chi connectivity index (χ2n) is 8.58. The third-order valence-electron chi connectivity index (χ3n) is 6.42. The summed E-state index contributed by atoms with van der Waals surface area (Å²) in [5.74, 6) is 0.481. The Morgan fingerprint density at radius 1 is 1.15 bits per heavy atom. The van der Waals surface area contributed by atoms with Gasteiger partial charge in [0.15, 0.2) is 0 Å². The van der Waals surface area contributed by atoms with E-state index < -0.39 is 23.4 Å². The van der Waals surface area contributed by atoms with Crippen LogP contribution in [0, 0.1) is 0 Å². The number of aliphatic hydroxyl groups excluding tert-OH is 1. The average molecular weight is 472 g/mol. The molecule has 178 valence electrons. The molecule has 5 rings (SSSR count). The number of fused-ring (bicyclic) bond motifs is 1. The van der Waals surface area contributed by atoms with Crippen molar-refractivity contribution >= 4 is 5.69 Å². The van der Waals surface area contributed by atoms with Crippen LogP contribution in [0.5, 0.6) is 5.75 Å². The van der Waals surface area contributed by atoms with Crippen molar-refractivity contribution < 1.29 is 23.0 Å². The van der Waals surface area contributed by atoms with Gasteiger partial charge in [-0.2, -0.15) is 23.0 Å². The van der Waals surface area contributed by atoms with Gasteiger partial charge in [0.25, 0.3) is 5.56 Å². The van der Waals surface area contributed by atoms with E-state index >= 15 is 0 Å². The van der Waals surface area contributed by atoms with E-state index in [1.807, 2.05) is 0 Å². The van der Waals surface area contributed by atoms with Gasteiger partial charge in [0.05, 0.1) is 36.4 Å². The summed E-state index contributed by atoms with van der Waals surface area (Å²) in [5, 5.41) is 14.3. The molecule has 0 spiro atoms. The summed E-state index contributed by atoms with van der Waals surface area (Å²) in [6.07, 6.45) is 0.192. The van der Waals surface area contributed by atoms with Gasteiger partial charge >= 0.3 is 6.18 Å². The number of hydrogen-bond donors (Lipinski definition) is 1. The Balaban J connectivity index is 1.74. The van der Waals surface area contributed by atoms with Gasteiger partial charge in [-0.1, -0.05) is 0 Å². The quantitative estimate of drug-likeness (QED) is 0.627. The van der Waals surface area contributed by atoms with Crippen LogP contribution in [0.25, 0.3) is 16.9 Å².